The molecule has 0 aromatic carbocycles. The molecule has 5 heteroatoms. The van der Waals surface area contributed by atoms with Gasteiger partial charge < -0.3 is 11.1 Å². The third-order valence-electron chi connectivity index (χ3n) is 3.21. The molecule has 0 amide bonds. The van der Waals surface area contributed by atoms with Crippen LogP contribution in [0.4, 0.5) is 11.8 Å². The molecular weight excluding hydrogens is 236 g/mol. The molecule has 0 saturated heterocycles. The molecule has 0 spiro atoms. The van der Waals surface area contributed by atoms with Crippen LogP contribution in [0.2, 0.25) is 5.02 Å². The molecule has 1 heterocycles. The smallest absolute Gasteiger partial charge is 0.222 e. The third kappa shape index (κ3) is 3.73. The van der Waals surface area contributed by atoms with E-state index in [4.69, 9.17) is 17.3 Å². The lowest BCUT2D eigenvalue weighted by molar-refractivity contribution is 0.471. The van der Waals surface area contributed by atoms with E-state index in [1.165, 1.54) is 44.9 Å². The van der Waals surface area contributed by atoms with Crippen LogP contribution in [-0.2, 0) is 0 Å². The summed E-state index contributed by atoms with van der Waals surface area (Å²) in [5.41, 5.74) is 5.57. The number of hydrogen-bond acceptors (Lipinski definition) is 4. The summed E-state index contributed by atoms with van der Waals surface area (Å²) in [5.74, 6) is 0.937. The maximum Gasteiger partial charge on any atom is 0.222 e. The Morgan fingerprint density at radius 2 is 1.82 bits per heavy atom. The zero-order chi connectivity index (χ0) is 12.1. The van der Waals surface area contributed by atoms with Crippen molar-refractivity contribution in [3.8, 4) is 0 Å². The van der Waals surface area contributed by atoms with Crippen LogP contribution in [0.15, 0.2) is 6.20 Å². The highest BCUT2D eigenvalue weighted by molar-refractivity contribution is 6.32. The van der Waals surface area contributed by atoms with Crippen LogP contribution in [0.3, 0.4) is 0 Å². The van der Waals surface area contributed by atoms with Gasteiger partial charge in [-0.15, -0.1) is 0 Å². The van der Waals surface area contributed by atoms with E-state index in [2.05, 4.69) is 15.3 Å². The first-order valence-corrected chi connectivity index (χ1v) is 6.68. The number of halogens is 1. The molecule has 1 fully saturated rings. The molecule has 0 radical (unpaired) electrons. The van der Waals surface area contributed by atoms with E-state index in [-0.39, 0.29) is 5.95 Å². The van der Waals surface area contributed by atoms with Gasteiger partial charge in [0.25, 0.3) is 0 Å². The van der Waals surface area contributed by atoms with E-state index < -0.39 is 0 Å². The van der Waals surface area contributed by atoms with Crippen molar-refractivity contribution in [1.29, 1.82) is 0 Å². The lowest BCUT2D eigenvalue weighted by atomic mass is 9.97. The Bertz CT molecular complexity index is 362. The monoisotopic (exact) mass is 254 g/mol. The Labute approximate surface area is 107 Å². The highest BCUT2D eigenvalue weighted by atomic mass is 35.5. The summed E-state index contributed by atoms with van der Waals surface area (Å²) in [6, 6.07) is 0.460. The number of nitrogens with two attached hydrogens (primary N) is 1. The van der Waals surface area contributed by atoms with E-state index in [1.807, 2.05) is 0 Å². The van der Waals surface area contributed by atoms with Crippen LogP contribution in [0.5, 0.6) is 0 Å². The van der Waals surface area contributed by atoms with Crippen molar-refractivity contribution in [2.45, 2.75) is 51.0 Å². The standard InChI is InChI=1S/C12H19ClN4/c13-10-8-15-12(14)17-11(10)16-9-6-4-2-1-3-5-7-9/h8-9H,1-7H2,(H3,14,15,16,17). The summed E-state index contributed by atoms with van der Waals surface area (Å²) in [6.07, 6.45) is 10.5. The van der Waals surface area contributed by atoms with E-state index in [9.17, 15) is 0 Å². The summed E-state index contributed by atoms with van der Waals surface area (Å²) in [5, 5.41) is 3.94. The Morgan fingerprint density at radius 3 is 2.53 bits per heavy atom. The second-order valence-corrected chi connectivity index (χ2v) is 5.02. The quantitative estimate of drug-likeness (QED) is 0.851. The minimum atomic E-state index is 0.266. The predicted molar refractivity (Wildman–Crippen MR) is 71.2 cm³/mol. The number of nitrogen functional groups attached to an aromatic ring is 1. The lowest BCUT2D eigenvalue weighted by Gasteiger charge is -2.21. The number of anilines is 2. The summed E-state index contributed by atoms with van der Waals surface area (Å²) < 4.78 is 0. The van der Waals surface area contributed by atoms with E-state index in [1.54, 1.807) is 6.20 Å². The highest BCUT2D eigenvalue weighted by Crippen LogP contribution is 2.24. The molecule has 1 aromatic rings. The van der Waals surface area contributed by atoms with E-state index in [0.29, 0.717) is 16.9 Å². The largest absolute Gasteiger partial charge is 0.368 e. The number of nitrogens with zero attached hydrogens (tertiary/aromatic N) is 2. The molecule has 17 heavy (non-hydrogen) atoms. The van der Waals surface area contributed by atoms with Crippen molar-refractivity contribution in [3.63, 3.8) is 0 Å². The third-order valence-corrected chi connectivity index (χ3v) is 3.49. The number of hydrogen-bond donors (Lipinski definition) is 2. The molecule has 3 N–H and O–H groups in total. The maximum atomic E-state index is 6.05. The van der Waals surface area contributed by atoms with Crippen LogP contribution in [0.25, 0.3) is 0 Å². The van der Waals surface area contributed by atoms with Crippen LogP contribution >= 0.6 is 11.6 Å². The molecular formula is C12H19ClN4. The summed E-state index contributed by atoms with van der Waals surface area (Å²) in [6.45, 7) is 0. The summed E-state index contributed by atoms with van der Waals surface area (Å²) in [4.78, 5) is 8.01. The molecule has 1 aromatic heterocycles. The van der Waals surface area contributed by atoms with Gasteiger partial charge >= 0.3 is 0 Å². The lowest BCUT2D eigenvalue weighted by Crippen LogP contribution is -2.21. The van der Waals surface area contributed by atoms with Crippen molar-refractivity contribution in [1.82, 2.24) is 9.97 Å². The molecule has 4 nitrogen and oxygen atoms in total. The second kappa shape index (κ2) is 6.05. The SMILES string of the molecule is Nc1ncc(Cl)c(NC2CCCCCCC2)n1. The average molecular weight is 255 g/mol. The van der Waals surface area contributed by atoms with Crippen molar-refractivity contribution in [3.05, 3.63) is 11.2 Å². The first-order valence-electron chi connectivity index (χ1n) is 6.30. The van der Waals surface area contributed by atoms with Gasteiger partial charge in [0.2, 0.25) is 5.95 Å². The molecule has 0 bridgehead atoms. The number of aromatic nitrogens is 2. The first-order chi connectivity index (χ1) is 8.25. The topological polar surface area (TPSA) is 63.8 Å². The zero-order valence-electron chi connectivity index (χ0n) is 9.95. The van der Waals surface area contributed by atoms with Gasteiger partial charge in [0.15, 0.2) is 5.82 Å². The van der Waals surface area contributed by atoms with Gasteiger partial charge in [0.1, 0.15) is 5.02 Å². The number of rotatable bonds is 2. The van der Waals surface area contributed by atoms with Gasteiger partial charge in [0.05, 0.1) is 6.20 Å². The minimum absolute atomic E-state index is 0.266. The Morgan fingerprint density at radius 1 is 1.18 bits per heavy atom. The minimum Gasteiger partial charge on any atom is -0.368 e. The van der Waals surface area contributed by atoms with Crippen molar-refractivity contribution in [2.24, 2.45) is 0 Å². The Balaban J connectivity index is 2.00. The average Bonchev–Trinajstić information content (AvgIpc) is 2.27. The molecule has 1 aliphatic carbocycles. The van der Waals surface area contributed by atoms with Gasteiger partial charge in [-0.25, -0.2) is 4.98 Å². The van der Waals surface area contributed by atoms with Crippen LogP contribution < -0.4 is 11.1 Å². The van der Waals surface area contributed by atoms with E-state index in [0.717, 1.165) is 0 Å². The van der Waals surface area contributed by atoms with Crippen LogP contribution in [-0.4, -0.2) is 16.0 Å². The van der Waals surface area contributed by atoms with Crippen LogP contribution in [0, 0.1) is 0 Å². The fraction of sp³-hybridized carbons (Fsp3) is 0.667. The van der Waals surface area contributed by atoms with Crippen molar-refractivity contribution in [2.75, 3.05) is 11.1 Å². The molecule has 1 aliphatic rings. The number of nitrogens with one attached hydrogen (secondary N) is 1. The van der Waals surface area contributed by atoms with Gasteiger partial charge in [-0.05, 0) is 12.8 Å². The molecule has 94 valence electrons. The fourth-order valence-electron chi connectivity index (χ4n) is 2.28. The van der Waals surface area contributed by atoms with E-state index >= 15 is 0 Å². The van der Waals surface area contributed by atoms with Crippen molar-refractivity contribution >= 4 is 23.4 Å². The van der Waals surface area contributed by atoms with Gasteiger partial charge in [-0.1, -0.05) is 43.7 Å². The van der Waals surface area contributed by atoms with Crippen molar-refractivity contribution < 1.29 is 0 Å². The molecule has 0 aliphatic heterocycles. The molecule has 0 unspecified atom stereocenters. The normalized spacial score (nSPS) is 18.4. The van der Waals surface area contributed by atoms with Gasteiger partial charge in [-0.2, -0.15) is 4.98 Å². The zero-order valence-corrected chi connectivity index (χ0v) is 10.7. The molecule has 0 atom stereocenters. The second-order valence-electron chi connectivity index (χ2n) is 4.61. The van der Waals surface area contributed by atoms with Gasteiger partial charge in [0, 0.05) is 6.04 Å². The fourth-order valence-corrected chi connectivity index (χ4v) is 2.42. The highest BCUT2D eigenvalue weighted by Gasteiger charge is 2.13. The maximum absolute atomic E-state index is 6.05. The summed E-state index contributed by atoms with van der Waals surface area (Å²) >= 11 is 6.05. The molecule has 1 saturated carbocycles. The van der Waals surface area contributed by atoms with Crippen LogP contribution in [0.1, 0.15) is 44.9 Å². The Kier molecular flexibility index (Phi) is 4.42. The predicted octanol–water partition coefficient (Wildman–Crippen LogP) is 3.24. The summed E-state index contributed by atoms with van der Waals surface area (Å²) in [7, 11) is 0. The molecule has 2 rings (SSSR count). The first kappa shape index (κ1) is 12.4. The Hall–Kier alpha value is -1.03. The van der Waals surface area contributed by atoms with Gasteiger partial charge in [-0.3, -0.25) is 0 Å².